The number of aromatic nitrogens is 2. The lowest BCUT2D eigenvalue weighted by atomic mass is 9.97. The predicted molar refractivity (Wildman–Crippen MR) is 122 cm³/mol. The van der Waals surface area contributed by atoms with Gasteiger partial charge in [0, 0.05) is 4.88 Å². The monoisotopic (exact) mass is 454 g/mol. The van der Waals surface area contributed by atoms with Crippen molar-refractivity contribution in [2.75, 3.05) is 6.61 Å². The molecule has 1 aromatic carbocycles. The van der Waals surface area contributed by atoms with Gasteiger partial charge in [0.05, 0.1) is 23.9 Å². The highest BCUT2D eigenvalue weighted by molar-refractivity contribution is 7.18. The molecule has 0 saturated carbocycles. The van der Waals surface area contributed by atoms with E-state index < -0.39 is 11.9 Å². The third-order valence-electron chi connectivity index (χ3n) is 5.54. The Morgan fingerprint density at radius 2 is 1.91 bits per heavy atom. The van der Waals surface area contributed by atoms with E-state index in [1.165, 1.54) is 15.8 Å². The summed E-state index contributed by atoms with van der Waals surface area (Å²) in [6.45, 7) is 2.25. The number of hydrogen-bond acceptors (Lipinski definition) is 7. The second kappa shape index (κ2) is 10.1. The Hall–Kier alpha value is -3.00. The first kappa shape index (κ1) is 22.2. The average Bonchev–Trinajstić information content (AvgIpc) is 3.18. The van der Waals surface area contributed by atoms with Crippen LogP contribution in [-0.4, -0.2) is 28.1 Å². The maximum atomic E-state index is 13.0. The first-order valence-corrected chi connectivity index (χ1v) is 11.9. The first-order valence-electron chi connectivity index (χ1n) is 11.0. The lowest BCUT2D eigenvalue weighted by molar-refractivity contribution is -0.135. The molecule has 8 heteroatoms. The molecule has 1 aliphatic rings. The minimum atomic E-state index is -0.577. The van der Waals surface area contributed by atoms with Gasteiger partial charge in [-0.15, -0.1) is 11.3 Å². The lowest BCUT2D eigenvalue weighted by Crippen LogP contribution is -2.27. The van der Waals surface area contributed by atoms with E-state index in [9.17, 15) is 14.4 Å². The molecule has 0 bridgehead atoms. The van der Waals surface area contributed by atoms with E-state index in [0.717, 1.165) is 55.3 Å². The molecule has 0 fully saturated rings. The SMILES string of the molecule is CCCCCOC(=O)c1ccc(OC(=O)Cn2cnc3sc4c(c3c2=O)CCCC4)cc1. The number of hydrogen-bond donors (Lipinski definition) is 0. The maximum Gasteiger partial charge on any atom is 0.338 e. The van der Waals surface area contributed by atoms with Crippen molar-refractivity contribution in [3.63, 3.8) is 0 Å². The fraction of sp³-hybridized carbons (Fsp3) is 0.417. The molecule has 4 rings (SSSR count). The van der Waals surface area contributed by atoms with Crippen molar-refractivity contribution in [2.24, 2.45) is 0 Å². The zero-order valence-electron chi connectivity index (χ0n) is 18.1. The highest BCUT2D eigenvalue weighted by Gasteiger charge is 2.20. The molecule has 0 aliphatic heterocycles. The van der Waals surface area contributed by atoms with Crippen molar-refractivity contribution in [1.29, 1.82) is 0 Å². The molecule has 1 aliphatic carbocycles. The summed E-state index contributed by atoms with van der Waals surface area (Å²) < 4.78 is 11.9. The fourth-order valence-corrected chi connectivity index (χ4v) is 5.08. The predicted octanol–water partition coefficient (Wildman–Crippen LogP) is 4.29. The third kappa shape index (κ3) is 4.91. The molecule has 0 radical (unpaired) electrons. The molecule has 0 saturated heterocycles. The van der Waals surface area contributed by atoms with Gasteiger partial charge in [-0.1, -0.05) is 19.8 Å². The number of fused-ring (bicyclic) bond motifs is 3. The van der Waals surface area contributed by atoms with Crippen LogP contribution in [0.4, 0.5) is 0 Å². The van der Waals surface area contributed by atoms with Crippen molar-refractivity contribution < 1.29 is 19.1 Å². The van der Waals surface area contributed by atoms with E-state index in [1.54, 1.807) is 35.6 Å². The molecule has 0 unspecified atom stereocenters. The quantitative estimate of drug-likeness (QED) is 0.287. The number of thiophene rings is 1. The van der Waals surface area contributed by atoms with E-state index >= 15 is 0 Å². The topological polar surface area (TPSA) is 87.5 Å². The van der Waals surface area contributed by atoms with Crippen LogP contribution >= 0.6 is 11.3 Å². The van der Waals surface area contributed by atoms with Crippen LogP contribution < -0.4 is 10.3 Å². The van der Waals surface area contributed by atoms with E-state index in [2.05, 4.69) is 11.9 Å². The minimum absolute atomic E-state index is 0.201. The Morgan fingerprint density at radius 3 is 2.69 bits per heavy atom. The Kier molecular flexibility index (Phi) is 6.99. The first-order chi connectivity index (χ1) is 15.6. The maximum absolute atomic E-state index is 13.0. The van der Waals surface area contributed by atoms with Crippen molar-refractivity contribution >= 4 is 33.5 Å². The summed E-state index contributed by atoms with van der Waals surface area (Å²) in [6, 6.07) is 6.20. The summed E-state index contributed by atoms with van der Waals surface area (Å²) >= 11 is 1.58. The Morgan fingerprint density at radius 1 is 1.12 bits per heavy atom. The third-order valence-corrected chi connectivity index (χ3v) is 6.74. The molecule has 0 N–H and O–H groups in total. The number of rotatable bonds is 8. The van der Waals surface area contributed by atoms with Gasteiger partial charge in [-0.2, -0.15) is 0 Å². The smallest absolute Gasteiger partial charge is 0.338 e. The molecule has 0 atom stereocenters. The van der Waals surface area contributed by atoms with E-state index in [0.29, 0.717) is 23.3 Å². The number of benzene rings is 1. The normalized spacial score (nSPS) is 13.0. The molecule has 2 heterocycles. The van der Waals surface area contributed by atoms with Crippen molar-refractivity contribution in [3.8, 4) is 5.75 Å². The Bertz CT molecular complexity index is 1180. The molecule has 0 amide bonds. The van der Waals surface area contributed by atoms with Gasteiger partial charge >= 0.3 is 11.9 Å². The van der Waals surface area contributed by atoms with Crippen LogP contribution in [0.1, 0.15) is 59.8 Å². The minimum Gasteiger partial charge on any atom is -0.462 e. The van der Waals surface area contributed by atoms with Crippen molar-refractivity contribution in [2.45, 2.75) is 58.4 Å². The largest absolute Gasteiger partial charge is 0.462 e. The zero-order valence-corrected chi connectivity index (χ0v) is 18.9. The van der Waals surface area contributed by atoms with Gasteiger partial charge < -0.3 is 9.47 Å². The van der Waals surface area contributed by atoms with Gasteiger partial charge in [0.25, 0.3) is 5.56 Å². The van der Waals surface area contributed by atoms with Gasteiger partial charge in [0.2, 0.25) is 0 Å². The summed E-state index contributed by atoms with van der Waals surface area (Å²) in [4.78, 5) is 43.8. The molecule has 32 heavy (non-hydrogen) atoms. The van der Waals surface area contributed by atoms with Crippen molar-refractivity contribution in [1.82, 2.24) is 9.55 Å². The van der Waals surface area contributed by atoms with Gasteiger partial charge in [0.15, 0.2) is 0 Å². The number of nitrogens with zero attached hydrogens (tertiary/aromatic N) is 2. The molecular weight excluding hydrogens is 428 g/mol. The summed E-state index contributed by atoms with van der Waals surface area (Å²) in [5, 5.41) is 0.641. The number of carbonyl (C=O) groups excluding carboxylic acids is 2. The average molecular weight is 455 g/mol. The van der Waals surface area contributed by atoms with Crippen LogP contribution in [-0.2, 0) is 28.9 Å². The van der Waals surface area contributed by atoms with E-state index in [4.69, 9.17) is 9.47 Å². The van der Waals surface area contributed by atoms with Crippen molar-refractivity contribution in [3.05, 3.63) is 57.0 Å². The van der Waals surface area contributed by atoms with Crippen LogP contribution in [0.15, 0.2) is 35.4 Å². The number of unbranched alkanes of at least 4 members (excludes halogenated alkanes) is 2. The van der Waals surface area contributed by atoms with Crippen LogP contribution in [0.25, 0.3) is 10.2 Å². The lowest BCUT2D eigenvalue weighted by Gasteiger charge is -2.10. The number of aryl methyl sites for hydroxylation is 2. The molecule has 0 spiro atoms. The van der Waals surface area contributed by atoms with E-state index in [-0.39, 0.29) is 12.1 Å². The van der Waals surface area contributed by atoms with Crippen LogP contribution in [0, 0.1) is 0 Å². The zero-order chi connectivity index (χ0) is 22.5. The molecular formula is C24H26N2O5S. The van der Waals surface area contributed by atoms with Gasteiger partial charge in [0.1, 0.15) is 17.1 Å². The van der Waals surface area contributed by atoms with Gasteiger partial charge in [-0.05, 0) is 61.9 Å². The Balaban J connectivity index is 1.39. The molecule has 7 nitrogen and oxygen atoms in total. The summed E-state index contributed by atoms with van der Waals surface area (Å²) in [5.41, 5.74) is 1.29. The number of carbonyl (C=O) groups is 2. The molecule has 168 valence electrons. The van der Waals surface area contributed by atoms with E-state index in [1.807, 2.05) is 0 Å². The Labute approximate surface area is 190 Å². The van der Waals surface area contributed by atoms with Crippen LogP contribution in [0.3, 0.4) is 0 Å². The number of esters is 2. The fourth-order valence-electron chi connectivity index (χ4n) is 3.86. The number of ether oxygens (including phenoxy) is 2. The standard InChI is InChI=1S/C24H26N2O5S/c1-2-3-6-13-30-24(29)16-9-11-17(12-10-16)31-20(27)14-26-15-25-22-21(23(26)28)18-7-4-5-8-19(18)32-22/h9-12,15H,2-8,13-14H2,1H3. The van der Waals surface area contributed by atoms with Gasteiger partial charge in [-0.3, -0.25) is 9.36 Å². The summed E-state index contributed by atoms with van der Waals surface area (Å²) in [6.07, 6.45) is 8.39. The van der Waals surface area contributed by atoms with Crippen LogP contribution in [0.5, 0.6) is 5.75 Å². The highest BCUT2D eigenvalue weighted by atomic mass is 32.1. The highest BCUT2D eigenvalue weighted by Crippen LogP contribution is 2.33. The summed E-state index contributed by atoms with van der Waals surface area (Å²) in [5.74, 6) is -0.677. The van der Waals surface area contributed by atoms with Gasteiger partial charge in [-0.25, -0.2) is 14.6 Å². The second-order valence-electron chi connectivity index (χ2n) is 7.91. The van der Waals surface area contributed by atoms with Crippen LogP contribution in [0.2, 0.25) is 0 Å². The second-order valence-corrected chi connectivity index (χ2v) is 8.99. The molecule has 3 aromatic rings. The summed E-state index contributed by atoms with van der Waals surface area (Å²) in [7, 11) is 0. The molecule has 2 aromatic heterocycles.